The van der Waals surface area contributed by atoms with Crippen molar-refractivity contribution in [2.75, 3.05) is 0 Å². The summed E-state index contributed by atoms with van der Waals surface area (Å²) >= 11 is 0. The summed E-state index contributed by atoms with van der Waals surface area (Å²) in [6.45, 7) is 8.32. The zero-order valence-electron chi connectivity index (χ0n) is 20.8. The van der Waals surface area contributed by atoms with Gasteiger partial charge in [0.1, 0.15) is 0 Å². The second-order valence-electron chi connectivity index (χ2n) is 9.81. The molecule has 0 aromatic carbocycles. The van der Waals surface area contributed by atoms with Crippen LogP contribution in [0.1, 0.15) is 142 Å². The first-order valence-corrected chi connectivity index (χ1v) is 13.6. The number of imide groups is 1. The molecule has 0 aromatic rings. The van der Waals surface area contributed by atoms with Crippen molar-refractivity contribution in [2.45, 2.75) is 148 Å². The van der Waals surface area contributed by atoms with E-state index >= 15 is 0 Å². The molecule has 1 aliphatic rings. The fraction of sp³-hybridized carbons (Fsp3) is 0.857. The molecular formula is C28H51NO2. The van der Waals surface area contributed by atoms with E-state index in [2.05, 4.69) is 20.4 Å². The van der Waals surface area contributed by atoms with E-state index < -0.39 is 0 Å². The minimum Gasteiger partial charge on any atom is -0.279 e. The molecule has 0 spiro atoms. The Balaban J connectivity index is 2.29. The fourth-order valence-corrected chi connectivity index (χ4v) is 4.95. The van der Waals surface area contributed by atoms with E-state index in [4.69, 9.17) is 0 Å². The van der Waals surface area contributed by atoms with Crippen molar-refractivity contribution < 1.29 is 9.59 Å². The van der Waals surface area contributed by atoms with Gasteiger partial charge in [0.15, 0.2) is 0 Å². The molecule has 3 nitrogen and oxygen atoms in total. The Bertz CT molecular complexity index is 471. The van der Waals surface area contributed by atoms with E-state index in [-0.39, 0.29) is 17.9 Å². The number of hydrogen-bond acceptors (Lipinski definition) is 2. The summed E-state index contributed by atoms with van der Waals surface area (Å²) < 4.78 is 0. The average molecular weight is 434 g/mol. The van der Waals surface area contributed by atoms with Crippen LogP contribution >= 0.6 is 0 Å². The van der Waals surface area contributed by atoms with Gasteiger partial charge in [-0.1, -0.05) is 110 Å². The van der Waals surface area contributed by atoms with E-state index in [1.165, 1.54) is 89.9 Å². The van der Waals surface area contributed by atoms with Crippen molar-refractivity contribution in [3.05, 3.63) is 12.7 Å². The normalized spacial score (nSPS) is 16.1. The standard InChI is InChI=1S/C28H51NO2/c1-4-6-8-10-12-13-14-16-17-19-21-25(3)26(29-27(30)23-24-28(29)31)22-20-18-15-11-9-7-5-2/h5,25-26H,2,4,6-24H2,1,3H3. The molecule has 1 rings (SSSR count). The lowest BCUT2D eigenvalue weighted by Crippen LogP contribution is -2.43. The van der Waals surface area contributed by atoms with E-state index in [0.29, 0.717) is 18.8 Å². The summed E-state index contributed by atoms with van der Waals surface area (Å²) in [6, 6.07) is 0.120. The maximum Gasteiger partial charge on any atom is 0.229 e. The van der Waals surface area contributed by atoms with Crippen LogP contribution in [0.2, 0.25) is 0 Å². The summed E-state index contributed by atoms with van der Waals surface area (Å²) in [6.07, 6.45) is 25.6. The number of amides is 2. The van der Waals surface area contributed by atoms with Crippen LogP contribution in [0.15, 0.2) is 12.7 Å². The molecule has 2 amide bonds. The Labute approximate surface area is 193 Å². The topological polar surface area (TPSA) is 37.4 Å². The summed E-state index contributed by atoms with van der Waals surface area (Å²) in [5.41, 5.74) is 0. The molecule has 1 heterocycles. The van der Waals surface area contributed by atoms with Gasteiger partial charge in [0.25, 0.3) is 0 Å². The molecule has 2 atom stereocenters. The van der Waals surface area contributed by atoms with Crippen LogP contribution in [0.5, 0.6) is 0 Å². The van der Waals surface area contributed by atoms with Crippen molar-refractivity contribution >= 4 is 11.8 Å². The third-order valence-corrected chi connectivity index (χ3v) is 7.00. The third-order valence-electron chi connectivity index (χ3n) is 7.00. The Morgan fingerprint density at radius 2 is 1.19 bits per heavy atom. The molecule has 0 aromatic heterocycles. The van der Waals surface area contributed by atoms with Gasteiger partial charge in [0, 0.05) is 18.9 Å². The van der Waals surface area contributed by atoms with E-state index in [1.807, 2.05) is 6.08 Å². The first-order chi connectivity index (χ1) is 15.1. The van der Waals surface area contributed by atoms with Crippen LogP contribution < -0.4 is 0 Å². The van der Waals surface area contributed by atoms with Gasteiger partial charge >= 0.3 is 0 Å². The van der Waals surface area contributed by atoms with Crippen molar-refractivity contribution in [3.63, 3.8) is 0 Å². The monoisotopic (exact) mass is 433 g/mol. The lowest BCUT2D eigenvalue weighted by Gasteiger charge is -2.31. The number of likely N-dealkylation sites (tertiary alicyclic amines) is 1. The van der Waals surface area contributed by atoms with E-state index in [9.17, 15) is 9.59 Å². The largest absolute Gasteiger partial charge is 0.279 e. The highest BCUT2D eigenvalue weighted by Crippen LogP contribution is 2.28. The van der Waals surface area contributed by atoms with Crippen LogP contribution in [0.4, 0.5) is 0 Å². The second-order valence-corrected chi connectivity index (χ2v) is 9.81. The third kappa shape index (κ3) is 12.5. The Morgan fingerprint density at radius 3 is 1.71 bits per heavy atom. The van der Waals surface area contributed by atoms with Gasteiger partial charge < -0.3 is 0 Å². The van der Waals surface area contributed by atoms with Gasteiger partial charge in [-0.3, -0.25) is 14.5 Å². The maximum absolute atomic E-state index is 12.4. The molecule has 0 saturated carbocycles. The zero-order valence-corrected chi connectivity index (χ0v) is 20.8. The molecule has 0 bridgehead atoms. The van der Waals surface area contributed by atoms with Gasteiger partial charge in [0.2, 0.25) is 11.8 Å². The average Bonchev–Trinajstić information content (AvgIpc) is 3.09. The number of nitrogens with zero attached hydrogens (tertiary/aromatic N) is 1. The Morgan fingerprint density at radius 1 is 0.742 bits per heavy atom. The predicted molar refractivity (Wildman–Crippen MR) is 133 cm³/mol. The molecule has 31 heavy (non-hydrogen) atoms. The predicted octanol–water partition coefficient (Wildman–Crippen LogP) is 8.37. The number of carbonyl (C=O) groups excluding carboxylic acids is 2. The van der Waals surface area contributed by atoms with Gasteiger partial charge in [-0.15, -0.1) is 6.58 Å². The molecule has 180 valence electrons. The van der Waals surface area contributed by atoms with Crippen molar-refractivity contribution in [1.29, 1.82) is 0 Å². The van der Waals surface area contributed by atoms with Crippen LogP contribution in [0.25, 0.3) is 0 Å². The van der Waals surface area contributed by atoms with Crippen LogP contribution in [0.3, 0.4) is 0 Å². The van der Waals surface area contributed by atoms with Crippen molar-refractivity contribution in [3.8, 4) is 0 Å². The highest BCUT2D eigenvalue weighted by Gasteiger charge is 2.36. The molecule has 1 aliphatic heterocycles. The second kappa shape index (κ2) is 18.5. The van der Waals surface area contributed by atoms with Gasteiger partial charge in [0.05, 0.1) is 0 Å². The molecule has 0 radical (unpaired) electrons. The lowest BCUT2D eigenvalue weighted by atomic mass is 9.89. The van der Waals surface area contributed by atoms with Crippen molar-refractivity contribution in [1.82, 2.24) is 4.90 Å². The minimum absolute atomic E-state index is 0.0657. The summed E-state index contributed by atoms with van der Waals surface area (Å²) in [5, 5.41) is 0. The molecule has 1 saturated heterocycles. The fourth-order valence-electron chi connectivity index (χ4n) is 4.95. The van der Waals surface area contributed by atoms with Gasteiger partial charge in [-0.25, -0.2) is 0 Å². The minimum atomic E-state index is 0.0657. The molecule has 3 heteroatoms. The number of unbranched alkanes of at least 4 members (excludes halogenated alkanes) is 14. The first kappa shape index (κ1) is 27.9. The number of carbonyl (C=O) groups is 2. The number of allylic oxidation sites excluding steroid dienone is 1. The van der Waals surface area contributed by atoms with Gasteiger partial charge in [-0.2, -0.15) is 0 Å². The Kier molecular flexibility index (Phi) is 16.6. The van der Waals surface area contributed by atoms with E-state index in [0.717, 1.165) is 25.7 Å². The summed E-state index contributed by atoms with van der Waals surface area (Å²) in [4.78, 5) is 26.4. The maximum atomic E-state index is 12.4. The molecular weight excluding hydrogens is 382 g/mol. The summed E-state index contributed by atoms with van der Waals surface area (Å²) in [5.74, 6) is 0.549. The summed E-state index contributed by atoms with van der Waals surface area (Å²) in [7, 11) is 0. The van der Waals surface area contributed by atoms with Crippen molar-refractivity contribution in [2.24, 2.45) is 5.92 Å². The first-order valence-electron chi connectivity index (χ1n) is 13.6. The number of rotatable bonds is 21. The van der Waals surface area contributed by atoms with Crippen LogP contribution in [-0.2, 0) is 9.59 Å². The highest BCUT2D eigenvalue weighted by atomic mass is 16.2. The SMILES string of the molecule is C=CCCCCCCCC(C(C)CCCCCCCCCCCC)N1C(=O)CCC1=O. The van der Waals surface area contributed by atoms with Crippen LogP contribution in [-0.4, -0.2) is 22.8 Å². The zero-order chi connectivity index (χ0) is 22.7. The quantitative estimate of drug-likeness (QED) is 0.104. The molecule has 2 unspecified atom stereocenters. The van der Waals surface area contributed by atoms with Crippen LogP contribution in [0, 0.1) is 5.92 Å². The number of hydrogen-bond donors (Lipinski definition) is 0. The lowest BCUT2D eigenvalue weighted by molar-refractivity contribution is -0.142. The molecule has 0 aliphatic carbocycles. The van der Waals surface area contributed by atoms with E-state index in [1.54, 1.807) is 4.90 Å². The molecule has 1 fully saturated rings. The smallest absolute Gasteiger partial charge is 0.229 e. The van der Waals surface area contributed by atoms with Gasteiger partial charge in [-0.05, 0) is 31.6 Å². The molecule has 0 N–H and O–H groups in total. The highest BCUT2D eigenvalue weighted by molar-refractivity contribution is 6.02. The Hall–Kier alpha value is -1.12.